The first-order chi connectivity index (χ1) is 8.49. The van der Waals surface area contributed by atoms with Crippen LogP contribution in [0.4, 0.5) is 0 Å². The van der Waals surface area contributed by atoms with Crippen molar-refractivity contribution in [1.82, 2.24) is 14.1 Å². The van der Waals surface area contributed by atoms with Crippen molar-refractivity contribution < 1.29 is 13.5 Å². The maximum atomic E-state index is 12.2. The summed E-state index contributed by atoms with van der Waals surface area (Å²) in [5, 5.41) is 10.6. The fourth-order valence-corrected chi connectivity index (χ4v) is 4.27. The van der Waals surface area contributed by atoms with Gasteiger partial charge >= 0.3 is 0 Å². The topological polar surface area (TPSA) is 83.7 Å². The molecule has 0 saturated carbocycles. The monoisotopic (exact) mass is 309 g/mol. The lowest BCUT2D eigenvalue weighted by Crippen LogP contribution is -2.37. The number of nitrogens with one attached hydrogen (secondary N) is 1. The molecule has 0 fully saturated rings. The predicted octanol–water partition coefficient (Wildman–Crippen LogP) is 1.10. The number of aromatic nitrogens is 2. The molecule has 0 aromatic carbocycles. The maximum Gasteiger partial charge on any atom is 0.260 e. The van der Waals surface area contributed by atoms with Crippen LogP contribution in [0.3, 0.4) is 0 Å². The van der Waals surface area contributed by atoms with Crippen LogP contribution < -0.4 is 4.72 Å². The van der Waals surface area contributed by atoms with Crippen LogP contribution in [-0.4, -0.2) is 35.6 Å². The van der Waals surface area contributed by atoms with Crippen LogP contribution in [0, 0.1) is 0 Å². The number of sulfonamides is 1. The van der Waals surface area contributed by atoms with Crippen LogP contribution in [0.25, 0.3) is 4.96 Å². The molecule has 9 heteroatoms. The van der Waals surface area contributed by atoms with Crippen LogP contribution in [0.5, 0.6) is 0 Å². The molecule has 0 saturated heterocycles. The molecule has 2 rings (SSSR count). The van der Waals surface area contributed by atoms with Gasteiger partial charge in [-0.3, -0.25) is 4.40 Å². The van der Waals surface area contributed by atoms with Crippen molar-refractivity contribution in [2.45, 2.75) is 24.4 Å². The van der Waals surface area contributed by atoms with Crippen LogP contribution in [0.1, 0.15) is 13.3 Å². The van der Waals surface area contributed by atoms with Gasteiger partial charge in [-0.2, -0.15) is 0 Å². The number of thiazole rings is 1. The van der Waals surface area contributed by atoms with Crippen LogP contribution in [0.2, 0.25) is 5.15 Å². The minimum atomic E-state index is -3.80. The standard InChI is InChI=1S/C9H12ClN3O3S2/c1-2-6(5-14)12-18(15,16)8-7(10)11-9-13(8)3-4-17-9/h3-4,6,12,14H,2,5H2,1H3/t6-/m0/s1. The number of nitrogens with zero attached hydrogens (tertiary/aromatic N) is 2. The molecule has 0 spiro atoms. The van der Waals surface area contributed by atoms with E-state index in [4.69, 9.17) is 16.7 Å². The Morgan fingerprint density at radius 1 is 1.67 bits per heavy atom. The molecule has 100 valence electrons. The number of aliphatic hydroxyl groups excluding tert-OH is 1. The van der Waals surface area contributed by atoms with E-state index >= 15 is 0 Å². The number of imidazole rings is 1. The molecule has 0 unspecified atom stereocenters. The molecule has 0 radical (unpaired) electrons. The Morgan fingerprint density at radius 3 is 3.00 bits per heavy atom. The van der Waals surface area contributed by atoms with E-state index in [-0.39, 0.29) is 16.8 Å². The second-order valence-corrected chi connectivity index (χ2v) is 6.53. The van der Waals surface area contributed by atoms with Crippen molar-refractivity contribution in [3.8, 4) is 0 Å². The van der Waals surface area contributed by atoms with E-state index in [1.54, 1.807) is 18.5 Å². The van der Waals surface area contributed by atoms with E-state index in [0.29, 0.717) is 11.4 Å². The van der Waals surface area contributed by atoms with Gasteiger partial charge in [0.25, 0.3) is 10.0 Å². The average Bonchev–Trinajstić information content (AvgIpc) is 2.84. The van der Waals surface area contributed by atoms with Gasteiger partial charge in [-0.15, -0.1) is 11.3 Å². The zero-order valence-corrected chi connectivity index (χ0v) is 11.9. The van der Waals surface area contributed by atoms with Gasteiger partial charge in [0.1, 0.15) is 0 Å². The Balaban J connectivity index is 2.46. The van der Waals surface area contributed by atoms with Crippen LogP contribution >= 0.6 is 22.9 Å². The van der Waals surface area contributed by atoms with Gasteiger partial charge in [-0.05, 0) is 6.42 Å². The lowest BCUT2D eigenvalue weighted by molar-refractivity contribution is 0.253. The van der Waals surface area contributed by atoms with Crippen molar-refractivity contribution in [3.63, 3.8) is 0 Å². The summed E-state index contributed by atoms with van der Waals surface area (Å²) in [6, 6.07) is -0.532. The van der Waals surface area contributed by atoms with Crippen LogP contribution in [0.15, 0.2) is 16.6 Å². The smallest absolute Gasteiger partial charge is 0.260 e. The lowest BCUT2D eigenvalue weighted by atomic mass is 10.3. The Bertz CT molecular complexity index is 645. The highest BCUT2D eigenvalue weighted by Crippen LogP contribution is 2.25. The van der Waals surface area contributed by atoms with E-state index in [9.17, 15) is 8.42 Å². The summed E-state index contributed by atoms with van der Waals surface area (Å²) in [4.78, 5) is 4.48. The number of aliphatic hydroxyl groups is 1. The summed E-state index contributed by atoms with van der Waals surface area (Å²) >= 11 is 7.15. The molecular formula is C9H12ClN3O3S2. The highest BCUT2D eigenvalue weighted by molar-refractivity contribution is 7.89. The second-order valence-electron chi connectivity index (χ2n) is 3.67. The Kier molecular flexibility index (Phi) is 3.93. The van der Waals surface area contributed by atoms with Gasteiger partial charge in [0.2, 0.25) is 0 Å². The quantitative estimate of drug-likeness (QED) is 0.866. The minimum Gasteiger partial charge on any atom is -0.395 e. The molecule has 18 heavy (non-hydrogen) atoms. The third-order valence-electron chi connectivity index (χ3n) is 2.47. The molecule has 2 aromatic heterocycles. The van der Waals surface area contributed by atoms with E-state index in [0.717, 1.165) is 0 Å². The van der Waals surface area contributed by atoms with E-state index in [2.05, 4.69) is 9.71 Å². The summed E-state index contributed by atoms with van der Waals surface area (Å²) in [6.45, 7) is 1.51. The van der Waals surface area contributed by atoms with E-state index in [1.165, 1.54) is 15.7 Å². The molecule has 2 N–H and O–H groups in total. The molecule has 6 nitrogen and oxygen atoms in total. The Morgan fingerprint density at radius 2 is 2.39 bits per heavy atom. The van der Waals surface area contributed by atoms with Gasteiger partial charge in [0, 0.05) is 17.6 Å². The van der Waals surface area contributed by atoms with Gasteiger partial charge in [-0.1, -0.05) is 18.5 Å². The van der Waals surface area contributed by atoms with Crippen molar-refractivity contribution in [3.05, 3.63) is 16.7 Å². The summed E-state index contributed by atoms with van der Waals surface area (Å²) in [6.07, 6.45) is 2.08. The van der Waals surface area contributed by atoms with Crippen molar-refractivity contribution in [1.29, 1.82) is 0 Å². The largest absolute Gasteiger partial charge is 0.395 e. The van der Waals surface area contributed by atoms with Gasteiger partial charge in [0.15, 0.2) is 15.1 Å². The third kappa shape index (κ3) is 2.39. The van der Waals surface area contributed by atoms with Crippen LogP contribution in [-0.2, 0) is 10.0 Å². The number of rotatable bonds is 5. The van der Waals surface area contributed by atoms with Crippen molar-refractivity contribution >= 4 is 37.9 Å². The number of fused-ring (bicyclic) bond motifs is 1. The fraction of sp³-hybridized carbons (Fsp3) is 0.444. The first-order valence-corrected chi connectivity index (χ1v) is 7.98. The molecule has 0 aliphatic heterocycles. The lowest BCUT2D eigenvalue weighted by Gasteiger charge is -2.13. The number of halogens is 1. The molecule has 0 amide bonds. The zero-order chi connectivity index (χ0) is 13.3. The second kappa shape index (κ2) is 5.14. The summed E-state index contributed by atoms with van der Waals surface area (Å²) in [5.74, 6) is 0. The van der Waals surface area contributed by atoms with Gasteiger partial charge in [-0.25, -0.2) is 18.1 Å². The number of hydrogen-bond acceptors (Lipinski definition) is 5. The molecule has 2 heterocycles. The normalized spacial score (nSPS) is 14.2. The average molecular weight is 310 g/mol. The highest BCUT2D eigenvalue weighted by Gasteiger charge is 2.26. The van der Waals surface area contributed by atoms with E-state index in [1.807, 2.05) is 0 Å². The molecule has 2 aromatic rings. The molecule has 1 atom stereocenters. The van der Waals surface area contributed by atoms with E-state index < -0.39 is 16.1 Å². The van der Waals surface area contributed by atoms with Crippen molar-refractivity contribution in [2.75, 3.05) is 6.61 Å². The predicted molar refractivity (Wildman–Crippen MR) is 69.6 cm³/mol. The molecular weight excluding hydrogens is 298 g/mol. The maximum absolute atomic E-state index is 12.2. The fourth-order valence-electron chi connectivity index (χ4n) is 1.50. The first-order valence-electron chi connectivity index (χ1n) is 5.23. The molecule has 0 aliphatic rings. The summed E-state index contributed by atoms with van der Waals surface area (Å²) in [5.41, 5.74) is 0. The SMILES string of the molecule is CC[C@@H](CO)NS(=O)(=O)c1c(Cl)nc2sccn12. The molecule has 0 aliphatic carbocycles. The minimum absolute atomic E-state index is 0.0675. The third-order valence-corrected chi connectivity index (χ3v) is 5.14. The Hall–Kier alpha value is -0.670. The van der Waals surface area contributed by atoms with Gasteiger partial charge < -0.3 is 5.11 Å². The first kappa shape index (κ1) is 13.8. The number of hydrogen-bond donors (Lipinski definition) is 2. The highest BCUT2D eigenvalue weighted by atomic mass is 35.5. The summed E-state index contributed by atoms with van der Waals surface area (Å²) in [7, 11) is -3.80. The summed E-state index contributed by atoms with van der Waals surface area (Å²) < 4.78 is 28.2. The zero-order valence-electron chi connectivity index (χ0n) is 9.50. The van der Waals surface area contributed by atoms with Crippen molar-refractivity contribution in [2.24, 2.45) is 0 Å². The van der Waals surface area contributed by atoms with Gasteiger partial charge in [0.05, 0.1) is 6.61 Å². The molecule has 0 bridgehead atoms. The Labute approximate surface area is 113 Å².